The standard InChI is InChI=1S/C21H24N2O7S/c1-29-20(25)18(12-13-31(27,28)17-10-6-3-7-11-17)23-19(24)14-22-21(26)30-15-16-8-4-2-5-9-16/h2-11,18H,12-15H2,1H3,(H,22,26)(H,23,24)/t18-/m1/s1. The highest BCUT2D eigenvalue weighted by molar-refractivity contribution is 7.91. The van der Waals surface area contributed by atoms with Crippen molar-refractivity contribution in [1.29, 1.82) is 0 Å². The number of carbonyl (C=O) groups is 3. The lowest BCUT2D eigenvalue weighted by atomic mass is 10.2. The molecule has 0 aliphatic heterocycles. The molecule has 2 N–H and O–H groups in total. The average Bonchev–Trinajstić information content (AvgIpc) is 2.79. The Kier molecular flexibility index (Phi) is 9.01. The van der Waals surface area contributed by atoms with Gasteiger partial charge in [0.1, 0.15) is 19.2 Å². The average molecular weight is 448 g/mol. The summed E-state index contributed by atoms with van der Waals surface area (Å²) >= 11 is 0. The van der Waals surface area contributed by atoms with Gasteiger partial charge in [-0.15, -0.1) is 0 Å². The maximum atomic E-state index is 12.4. The molecule has 0 aromatic heterocycles. The smallest absolute Gasteiger partial charge is 0.407 e. The zero-order chi connectivity index (χ0) is 22.7. The molecular formula is C21H24N2O7S. The summed E-state index contributed by atoms with van der Waals surface area (Å²) < 4.78 is 34.4. The van der Waals surface area contributed by atoms with Gasteiger partial charge >= 0.3 is 12.1 Å². The molecule has 0 saturated heterocycles. The largest absolute Gasteiger partial charge is 0.467 e. The van der Waals surface area contributed by atoms with Gasteiger partial charge in [0.2, 0.25) is 5.91 Å². The second kappa shape index (κ2) is 11.7. The molecule has 2 aromatic rings. The first-order chi connectivity index (χ1) is 14.8. The Labute approximate surface area is 180 Å². The van der Waals surface area contributed by atoms with Crippen LogP contribution in [0.5, 0.6) is 0 Å². The van der Waals surface area contributed by atoms with Crippen LogP contribution in [-0.2, 0) is 35.5 Å². The van der Waals surface area contributed by atoms with Crippen LogP contribution in [0.25, 0.3) is 0 Å². The lowest BCUT2D eigenvalue weighted by molar-refractivity contribution is -0.145. The van der Waals surface area contributed by atoms with Crippen LogP contribution in [-0.4, -0.2) is 51.8 Å². The van der Waals surface area contributed by atoms with E-state index in [0.717, 1.165) is 12.7 Å². The van der Waals surface area contributed by atoms with Crippen LogP contribution in [0.2, 0.25) is 0 Å². The maximum Gasteiger partial charge on any atom is 0.407 e. The lowest BCUT2D eigenvalue weighted by Gasteiger charge is -2.17. The summed E-state index contributed by atoms with van der Waals surface area (Å²) in [7, 11) is -2.51. The van der Waals surface area contributed by atoms with E-state index in [1.54, 1.807) is 42.5 Å². The predicted octanol–water partition coefficient (Wildman–Crippen LogP) is 1.43. The van der Waals surface area contributed by atoms with E-state index >= 15 is 0 Å². The minimum Gasteiger partial charge on any atom is -0.467 e. The van der Waals surface area contributed by atoms with Crippen LogP contribution >= 0.6 is 0 Å². The maximum absolute atomic E-state index is 12.4. The molecule has 0 bridgehead atoms. The van der Waals surface area contributed by atoms with Crippen LogP contribution in [0, 0.1) is 0 Å². The molecule has 2 rings (SSSR count). The summed E-state index contributed by atoms with van der Waals surface area (Å²) in [5.74, 6) is -1.85. The highest BCUT2D eigenvalue weighted by Gasteiger charge is 2.25. The fourth-order valence-corrected chi connectivity index (χ4v) is 3.94. The molecule has 0 fully saturated rings. The third kappa shape index (κ3) is 8.09. The highest BCUT2D eigenvalue weighted by atomic mass is 32.2. The number of sulfone groups is 1. The van der Waals surface area contributed by atoms with E-state index in [1.807, 2.05) is 6.07 Å². The Morgan fingerprint density at radius 2 is 1.58 bits per heavy atom. The Balaban J connectivity index is 1.83. The molecule has 0 unspecified atom stereocenters. The number of amides is 2. The van der Waals surface area contributed by atoms with Crippen molar-refractivity contribution in [2.24, 2.45) is 0 Å². The molecular weight excluding hydrogens is 424 g/mol. The van der Waals surface area contributed by atoms with Crippen LogP contribution in [0.4, 0.5) is 4.79 Å². The van der Waals surface area contributed by atoms with Gasteiger partial charge in [0.25, 0.3) is 0 Å². The number of benzene rings is 2. The molecule has 0 heterocycles. The van der Waals surface area contributed by atoms with E-state index in [0.29, 0.717) is 0 Å². The lowest BCUT2D eigenvalue weighted by Crippen LogP contribution is -2.46. The number of nitrogens with one attached hydrogen (secondary N) is 2. The van der Waals surface area contributed by atoms with Crippen LogP contribution in [0.3, 0.4) is 0 Å². The topological polar surface area (TPSA) is 128 Å². The van der Waals surface area contributed by atoms with Gasteiger partial charge in [0, 0.05) is 0 Å². The number of hydrogen-bond acceptors (Lipinski definition) is 7. The van der Waals surface area contributed by atoms with Gasteiger partial charge in [-0.05, 0) is 24.1 Å². The number of methoxy groups -OCH3 is 1. The molecule has 31 heavy (non-hydrogen) atoms. The van der Waals surface area contributed by atoms with Crippen LogP contribution in [0.1, 0.15) is 12.0 Å². The van der Waals surface area contributed by atoms with E-state index in [4.69, 9.17) is 4.74 Å². The Morgan fingerprint density at radius 1 is 0.968 bits per heavy atom. The van der Waals surface area contributed by atoms with Gasteiger partial charge in [-0.3, -0.25) is 4.79 Å². The number of ether oxygens (including phenoxy) is 2. The predicted molar refractivity (Wildman–Crippen MR) is 112 cm³/mol. The molecule has 0 aliphatic rings. The van der Waals surface area contributed by atoms with Crippen molar-refractivity contribution in [1.82, 2.24) is 10.6 Å². The second-order valence-corrected chi connectivity index (χ2v) is 8.59. The van der Waals surface area contributed by atoms with Crippen molar-refractivity contribution in [3.8, 4) is 0 Å². The minimum atomic E-state index is -3.64. The molecule has 10 heteroatoms. The van der Waals surface area contributed by atoms with E-state index in [2.05, 4.69) is 15.4 Å². The molecule has 0 radical (unpaired) electrons. The van der Waals surface area contributed by atoms with Gasteiger partial charge in [0.05, 0.1) is 17.8 Å². The van der Waals surface area contributed by atoms with Crippen LogP contribution in [0.15, 0.2) is 65.6 Å². The van der Waals surface area contributed by atoms with Crippen molar-refractivity contribution in [2.45, 2.75) is 24.0 Å². The summed E-state index contributed by atoms with van der Waals surface area (Å²) in [6, 6.07) is 15.6. The highest BCUT2D eigenvalue weighted by Crippen LogP contribution is 2.12. The summed E-state index contributed by atoms with van der Waals surface area (Å²) in [5.41, 5.74) is 0.785. The zero-order valence-corrected chi connectivity index (χ0v) is 17.8. The van der Waals surface area contributed by atoms with E-state index < -0.39 is 40.4 Å². The van der Waals surface area contributed by atoms with Crippen LogP contribution < -0.4 is 10.6 Å². The van der Waals surface area contributed by atoms with Crippen molar-refractivity contribution in [3.05, 3.63) is 66.2 Å². The van der Waals surface area contributed by atoms with Gasteiger partial charge in [-0.1, -0.05) is 48.5 Å². The first-order valence-electron chi connectivity index (χ1n) is 9.41. The Hall–Kier alpha value is -3.40. The summed E-state index contributed by atoms with van der Waals surface area (Å²) in [6.45, 7) is -0.414. The fraction of sp³-hybridized carbons (Fsp3) is 0.286. The SMILES string of the molecule is COC(=O)[C@@H](CCS(=O)(=O)c1ccccc1)NC(=O)CNC(=O)OCc1ccccc1. The van der Waals surface area contributed by atoms with Crippen molar-refractivity contribution in [3.63, 3.8) is 0 Å². The third-order valence-corrected chi connectivity index (χ3v) is 5.97. The summed E-state index contributed by atoms with van der Waals surface area (Å²) in [5, 5.41) is 4.64. The molecule has 0 saturated carbocycles. The number of rotatable bonds is 10. The first kappa shape index (κ1) is 23.9. The number of hydrogen-bond donors (Lipinski definition) is 2. The van der Waals surface area contributed by atoms with E-state index in [-0.39, 0.29) is 23.7 Å². The molecule has 9 nitrogen and oxygen atoms in total. The van der Waals surface area contributed by atoms with Gasteiger partial charge in [-0.2, -0.15) is 0 Å². The second-order valence-electron chi connectivity index (χ2n) is 6.48. The Morgan fingerprint density at radius 3 is 2.19 bits per heavy atom. The van der Waals surface area contributed by atoms with Crippen molar-refractivity contribution in [2.75, 3.05) is 19.4 Å². The molecule has 2 amide bonds. The van der Waals surface area contributed by atoms with Gasteiger partial charge < -0.3 is 20.1 Å². The van der Waals surface area contributed by atoms with Gasteiger partial charge in [-0.25, -0.2) is 18.0 Å². The normalized spacial score (nSPS) is 11.8. The quantitative estimate of drug-likeness (QED) is 0.526. The first-order valence-corrected chi connectivity index (χ1v) is 11.1. The molecule has 166 valence electrons. The zero-order valence-electron chi connectivity index (χ0n) is 16.9. The molecule has 0 spiro atoms. The van der Waals surface area contributed by atoms with Gasteiger partial charge in [0.15, 0.2) is 9.84 Å². The van der Waals surface area contributed by atoms with Crippen molar-refractivity contribution < 1.29 is 32.3 Å². The molecule has 2 aromatic carbocycles. The monoisotopic (exact) mass is 448 g/mol. The van der Waals surface area contributed by atoms with Crippen molar-refractivity contribution >= 4 is 27.8 Å². The summed E-state index contributed by atoms with van der Waals surface area (Å²) in [6.07, 6.45) is -0.992. The van der Waals surface area contributed by atoms with E-state index in [1.165, 1.54) is 12.1 Å². The molecule has 0 aliphatic carbocycles. The number of carbonyl (C=O) groups excluding carboxylic acids is 3. The Bertz CT molecular complexity index is 979. The fourth-order valence-electron chi connectivity index (χ4n) is 2.58. The third-order valence-electron chi connectivity index (χ3n) is 4.20. The number of esters is 1. The number of alkyl carbamates (subject to hydrolysis) is 1. The van der Waals surface area contributed by atoms with E-state index in [9.17, 15) is 22.8 Å². The summed E-state index contributed by atoms with van der Waals surface area (Å²) in [4.78, 5) is 35.9. The minimum absolute atomic E-state index is 0.0381. The molecule has 1 atom stereocenters.